The Balaban J connectivity index is 1.36. The highest BCUT2D eigenvalue weighted by molar-refractivity contribution is 8.00. The molecular weight excluding hydrogens is 346 g/mol. The molecule has 1 amide bonds. The monoisotopic (exact) mass is 381 g/mol. The molecule has 6 nitrogen and oxygen atoms in total. The van der Waals surface area contributed by atoms with Gasteiger partial charge in [-0.3, -0.25) is 14.7 Å². The Morgan fingerprint density at radius 1 is 1.15 bits per heavy atom. The second kappa shape index (κ2) is 8.83. The van der Waals surface area contributed by atoms with Gasteiger partial charge in [0.15, 0.2) is 5.96 Å². The first-order chi connectivity index (χ1) is 12.5. The minimum atomic E-state index is 0.291. The van der Waals surface area contributed by atoms with Crippen LogP contribution >= 0.6 is 11.8 Å². The fourth-order valence-corrected chi connectivity index (χ4v) is 5.07. The molecule has 2 heterocycles. The summed E-state index contributed by atoms with van der Waals surface area (Å²) in [7, 11) is 1.88. The average molecular weight is 382 g/mol. The highest BCUT2D eigenvalue weighted by Gasteiger charge is 2.31. The number of carbonyl (C=O) groups excluding carboxylic acids is 1. The van der Waals surface area contributed by atoms with E-state index < -0.39 is 0 Å². The van der Waals surface area contributed by atoms with Gasteiger partial charge in [0.1, 0.15) is 0 Å². The van der Waals surface area contributed by atoms with Crippen LogP contribution in [0.5, 0.6) is 0 Å². The van der Waals surface area contributed by atoms with Crippen LogP contribution in [0.25, 0.3) is 0 Å². The highest BCUT2D eigenvalue weighted by Crippen LogP contribution is 2.29. The van der Waals surface area contributed by atoms with E-state index in [-0.39, 0.29) is 0 Å². The van der Waals surface area contributed by atoms with Crippen molar-refractivity contribution in [3.05, 3.63) is 0 Å². The molecule has 0 spiro atoms. The number of hydrogen-bond donors (Lipinski definition) is 1. The van der Waals surface area contributed by atoms with Crippen LogP contribution in [0.2, 0.25) is 0 Å². The van der Waals surface area contributed by atoms with Crippen molar-refractivity contribution in [2.45, 2.75) is 37.9 Å². The maximum Gasteiger partial charge on any atom is 0.225 e. The zero-order valence-corrected chi connectivity index (χ0v) is 17.5. The lowest BCUT2D eigenvalue weighted by molar-refractivity contribution is -0.139. The molecule has 3 rings (SSSR count). The van der Waals surface area contributed by atoms with Crippen molar-refractivity contribution >= 4 is 23.6 Å². The average Bonchev–Trinajstić information content (AvgIpc) is 2.57. The van der Waals surface area contributed by atoms with Crippen LogP contribution < -0.4 is 5.32 Å². The molecule has 0 aromatic rings. The van der Waals surface area contributed by atoms with Gasteiger partial charge in [-0.15, -0.1) is 0 Å². The summed E-state index contributed by atoms with van der Waals surface area (Å²) in [4.78, 5) is 23.7. The number of amides is 1. The molecule has 148 valence electrons. The molecule has 2 aliphatic heterocycles. The van der Waals surface area contributed by atoms with E-state index in [4.69, 9.17) is 0 Å². The normalized spacial score (nSPS) is 25.1. The second-order valence-electron chi connectivity index (χ2n) is 8.30. The van der Waals surface area contributed by atoms with Gasteiger partial charge in [-0.05, 0) is 26.7 Å². The van der Waals surface area contributed by atoms with Crippen LogP contribution in [0.1, 0.15) is 33.1 Å². The number of nitrogens with one attached hydrogen (secondary N) is 1. The van der Waals surface area contributed by atoms with E-state index in [1.54, 1.807) is 0 Å². The summed E-state index contributed by atoms with van der Waals surface area (Å²) in [6, 6.07) is 0. The maximum atomic E-state index is 12.3. The first-order valence-corrected chi connectivity index (χ1v) is 11.1. The Labute approximate surface area is 162 Å². The number of rotatable bonds is 4. The number of thioether (sulfide) groups is 1. The summed E-state index contributed by atoms with van der Waals surface area (Å²) in [5.41, 5.74) is 0. The fraction of sp³-hybridized carbons (Fsp3) is 0.895. The van der Waals surface area contributed by atoms with Gasteiger partial charge < -0.3 is 15.1 Å². The second-order valence-corrected chi connectivity index (χ2v) is 10.1. The number of carbonyl (C=O) groups is 1. The summed E-state index contributed by atoms with van der Waals surface area (Å²) in [5.74, 6) is 2.92. The third-order valence-corrected chi connectivity index (χ3v) is 7.08. The quantitative estimate of drug-likeness (QED) is 0.588. The lowest BCUT2D eigenvalue weighted by Gasteiger charge is -2.40. The van der Waals surface area contributed by atoms with Gasteiger partial charge in [0.2, 0.25) is 5.91 Å². The summed E-state index contributed by atoms with van der Waals surface area (Å²) in [6.45, 7) is 12.4. The maximum absolute atomic E-state index is 12.3. The van der Waals surface area contributed by atoms with Crippen LogP contribution in [0.3, 0.4) is 0 Å². The third kappa shape index (κ3) is 5.06. The molecule has 1 aliphatic carbocycles. The summed E-state index contributed by atoms with van der Waals surface area (Å²) >= 11 is 2.04. The molecule has 1 N–H and O–H groups in total. The zero-order valence-electron chi connectivity index (χ0n) is 16.7. The van der Waals surface area contributed by atoms with Crippen LogP contribution in [0.4, 0.5) is 0 Å². The number of piperazine rings is 1. The van der Waals surface area contributed by atoms with Crippen LogP contribution in [-0.4, -0.2) is 96.5 Å². The molecule has 0 aromatic carbocycles. The molecule has 7 heteroatoms. The molecule has 26 heavy (non-hydrogen) atoms. The van der Waals surface area contributed by atoms with Crippen molar-refractivity contribution in [3.8, 4) is 0 Å². The predicted molar refractivity (Wildman–Crippen MR) is 110 cm³/mol. The molecule has 0 unspecified atom stereocenters. The van der Waals surface area contributed by atoms with Crippen LogP contribution in [-0.2, 0) is 4.79 Å². The van der Waals surface area contributed by atoms with Crippen molar-refractivity contribution in [2.24, 2.45) is 10.9 Å². The van der Waals surface area contributed by atoms with Crippen molar-refractivity contribution in [2.75, 3.05) is 65.2 Å². The number of hydrogen-bond acceptors (Lipinski definition) is 4. The van der Waals surface area contributed by atoms with E-state index in [1.807, 2.05) is 18.8 Å². The van der Waals surface area contributed by atoms with Crippen molar-refractivity contribution < 1.29 is 4.79 Å². The van der Waals surface area contributed by atoms with E-state index in [9.17, 15) is 4.79 Å². The summed E-state index contributed by atoms with van der Waals surface area (Å²) in [5, 5.41) is 3.54. The van der Waals surface area contributed by atoms with Gasteiger partial charge in [-0.1, -0.05) is 6.42 Å². The number of aliphatic imine (C=N–C) groups is 1. The largest absolute Gasteiger partial charge is 0.355 e. The molecular formula is C19H35N5OS. The van der Waals surface area contributed by atoms with Crippen molar-refractivity contribution in [1.29, 1.82) is 0 Å². The lowest BCUT2D eigenvalue weighted by Crippen LogP contribution is -2.54. The Hall–Kier alpha value is -0.950. The van der Waals surface area contributed by atoms with E-state index in [0.29, 0.717) is 16.6 Å². The van der Waals surface area contributed by atoms with Crippen LogP contribution in [0, 0.1) is 5.92 Å². The Bertz CT molecular complexity index is 512. The Morgan fingerprint density at radius 3 is 2.46 bits per heavy atom. The van der Waals surface area contributed by atoms with Gasteiger partial charge in [-0.2, -0.15) is 11.8 Å². The minimum Gasteiger partial charge on any atom is -0.355 e. The molecule has 0 aromatic heterocycles. The molecule has 0 bridgehead atoms. The Morgan fingerprint density at radius 2 is 1.88 bits per heavy atom. The first-order valence-electron chi connectivity index (χ1n) is 10.1. The standard InChI is InChI=1S/C19H35N5OS/c1-19(2)15-24(13-14-26-19)18(20-3)21-7-8-22-9-11-23(12-10-22)17(25)16-5-4-6-16/h16H,4-15H2,1-3H3,(H,20,21). The lowest BCUT2D eigenvalue weighted by atomic mass is 9.84. The zero-order chi connectivity index (χ0) is 18.6. The van der Waals surface area contributed by atoms with Gasteiger partial charge >= 0.3 is 0 Å². The molecule has 3 aliphatic rings. The van der Waals surface area contributed by atoms with E-state index >= 15 is 0 Å². The SMILES string of the molecule is CN=C(NCCN1CCN(C(=O)C2CCC2)CC1)N1CCSC(C)(C)C1. The molecule has 3 fully saturated rings. The molecule has 2 saturated heterocycles. The fourth-order valence-electron chi connectivity index (χ4n) is 3.96. The number of guanidine groups is 1. The van der Waals surface area contributed by atoms with Gasteiger partial charge in [0.05, 0.1) is 0 Å². The van der Waals surface area contributed by atoms with Gasteiger partial charge in [-0.25, -0.2) is 0 Å². The molecule has 1 saturated carbocycles. The van der Waals surface area contributed by atoms with Gasteiger partial charge in [0, 0.05) is 75.8 Å². The topological polar surface area (TPSA) is 51.2 Å². The summed E-state index contributed by atoms with van der Waals surface area (Å²) < 4.78 is 0.291. The van der Waals surface area contributed by atoms with Gasteiger partial charge in [0.25, 0.3) is 0 Å². The van der Waals surface area contributed by atoms with E-state index in [0.717, 1.165) is 76.9 Å². The third-order valence-electron chi connectivity index (χ3n) is 5.79. The van der Waals surface area contributed by atoms with E-state index in [2.05, 4.69) is 38.9 Å². The first kappa shape index (κ1) is 19.8. The van der Waals surface area contributed by atoms with Crippen molar-refractivity contribution in [3.63, 3.8) is 0 Å². The highest BCUT2D eigenvalue weighted by atomic mass is 32.2. The Kier molecular flexibility index (Phi) is 6.72. The molecule has 0 atom stereocenters. The number of nitrogens with zero attached hydrogens (tertiary/aromatic N) is 4. The minimum absolute atomic E-state index is 0.291. The van der Waals surface area contributed by atoms with Crippen molar-refractivity contribution in [1.82, 2.24) is 20.0 Å². The van der Waals surface area contributed by atoms with Crippen LogP contribution in [0.15, 0.2) is 4.99 Å². The smallest absolute Gasteiger partial charge is 0.225 e. The van der Waals surface area contributed by atoms with E-state index in [1.165, 1.54) is 6.42 Å². The molecule has 0 radical (unpaired) electrons. The predicted octanol–water partition coefficient (Wildman–Crippen LogP) is 1.33. The summed E-state index contributed by atoms with van der Waals surface area (Å²) in [6.07, 6.45) is 3.44.